The van der Waals surface area contributed by atoms with E-state index in [9.17, 15) is 0 Å². The summed E-state index contributed by atoms with van der Waals surface area (Å²) in [6, 6.07) is 0.736. The number of hydrogen-bond donors (Lipinski definition) is 1. The van der Waals surface area contributed by atoms with E-state index in [0.717, 1.165) is 37.6 Å². The van der Waals surface area contributed by atoms with Crippen LogP contribution in [-0.4, -0.2) is 25.8 Å². The zero-order chi connectivity index (χ0) is 13.9. The van der Waals surface area contributed by atoms with Crippen LogP contribution in [0.3, 0.4) is 0 Å². The summed E-state index contributed by atoms with van der Waals surface area (Å²) in [6.07, 6.45) is 10.8. The minimum atomic E-state index is 0.736. The standard InChI is InChI=1S/C17H35NO/c1-4-6-10-16(5-2)14-19-13-12-18-17-11-8-7-9-15(17)3/h15-18H,4-14H2,1-3H3. The van der Waals surface area contributed by atoms with Gasteiger partial charge in [0.15, 0.2) is 0 Å². The van der Waals surface area contributed by atoms with Gasteiger partial charge in [0.05, 0.1) is 6.61 Å². The molecule has 1 aliphatic rings. The molecule has 3 atom stereocenters. The van der Waals surface area contributed by atoms with Crippen molar-refractivity contribution in [2.24, 2.45) is 11.8 Å². The van der Waals surface area contributed by atoms with Gasteiger partial charge in [0.2, 0.25) is 0 Å². The Bertz CT molecular complexity index is 207. The van der Waals surface area contributed by atoms with Crippen LogP contribution in [0.1, 0.15) is 72.1 Å². The van der Waals surface area contributed by atoms with Crippen LogP contribution in [0.2, 0.25) is 0 Å². The van der Waals surface area contributed by atoms with Crippen molar-refractivity contribution in [3.05, 3.63) is 0 Å². The first-order valence-electron chi connectivity index (χ1n) is 8.59. The number of unbranched alkanes of at least 4 members (excludes halogenated alkanes) is 1. The van der Waals surface area contributed by atoms with Crippen molar-refractivity contribution in [3.63, 3.8) is 0 Å². The second kappa shape index (κ2) is 10.7. The number of nitrogens with one attached hydrogen (secondary N) is 1. The molecule has 0 heterocycles. The van der Waals surface area contributed by atoms with Crippen LogP contribution in [0, 0.1) is 11.8 Å². The summed E-state index contributed by atoms with van der Waals surface area (Å²) in [7, 11) is 0. The predicted molar refractivity (Wildman–Crippen MR) is 83.5 cm³/mol. The molecule has 1 saturated carbocycles. The van der Waals surface area contributed by atoms with Crippen LogP contribution in [0.25, 0.3) is 0 Å². The maximum atomic E-state index is 5.85. The minimum Gasteiger partial charge on any atom is -0.380 e. The molecule has 19 heavy (non-hydrogen) atoms. The van der Waals surface area contributed by atoms with Gasteiger partial charge in [0.25, 0.3) is 0 Å². The molecule has 0 amide bonds. The van der Waals surface area contributed by atoms with E-state index in [1.165, 1.54) is 51.4 Å². The second-order valence-corrected chi connectivity index (χ2v) is 6.31. The van der Waals surface area contributed by atoms with Crippen molar-refractivity contribution in [2.45, 2.75) is 78.2 Å². The first kappa shape index (κ1) is 17.0. The summed E-state index contributed by atoms with van der Waals surface area (Å²) in [5.74, 6) is 1.62. The molecular weight excluding hydrogens is 234 g/mol. The highest BCUT2D eigenvalue weighted by molar-refractivity contribution is 4.77. The topological polar surface area (TPSA) is 21.3 Å². The van der Waals surface area contributed by atoms with Crippen molar-refractivity contribution in [1.82, 2.24) is 5.32 Å². The fraction of sp³-hybridized carbons (Fsp3) is 1.00. The Balaban J connectivity index is 2.00. The maximum Gasteiger partial charge on any atom is 0.0591 e. The van der Waals surface area contributed by atoms with Crippen molar-refractivity contribution in [1.29, 1.82) is 0 Å². The molecule has 0 saturated heterocycles. The SMILES string of the molecule is CCCCC(CC)COCCNC1CCCCC1C. The molecule has 3 unspecified atom stereocenters. The fourth-order valence-electron chi connectivity index (χ4n) is 3.08. The molecule has 114 valence electrons. The minimum absolute atomic E-state index is 0.736. The van der Waals surface area contributed by atoms with Gasteiger partial charge in [-0.25, -0.2) is 0 Å². The van der Waals surface area contributed by atoms with Gasteiger partial charge in [0, 0.05) is 19.2 Å². The van der Waals surface area contributed by atoms with Gasteiger partial charge in [-0.05, 0) is 31.1 Å². The van der Waals surface area contributed by atoms with Crippen molar-refractivity contribution < 1.29 is 4.74 Å². The summed E-state index contributed by atoms with van der Waals surface area (Å²) < 4.78 is 5.85. The normalized spacial score (nSPS) is 25.4. The third-order valence-corrected chi connectivity index (χ3v) is 4.66. The van der Waals surface area contributed by atoms with E-state index in [4.69, 9.17) is 4.74 Å². The van der Waals surface area contributed by atoms with E-state index in [2.05, 4.69) is 26.1 Å². The van der Waals surface area contributed by atoms with Gasteiger partial charge in [-0.15, -0.1) is 0 Å². The molecule has 0 aromatic heterocycles. The highest BCUT2D eigenvalue weighted by atomic mass is 16.5. The number of hydrogen-bond acceptors (Lipinski definition) is 2. The van der Waals surface area contributed by atoms with Gasteiger partial charge in [0.1, 0.15) is 0 Å². The molecule has 0 aromatic carbocycles. The number of rotatable bonds is 10. The van der Waals surface area contributed by atoms with E-state index in [-0.39, 0.29) is 0 Å². The predicted octanol–water partition coefficient (Wildman–Crippen LogP) is 4.39. The second-order valence-electron chi connectivity index (χ2n) is 6.31. The molecule has 1 N–H and O–H groups in total. The van der Waals surface area contributed by atoms with Gasteiger partial charge < -0.3 is 10.1 Å². The van der Waals surface area contributed by atoms with Crippen LogP contribution < -0.4 is 5.32 Å². The molecule has 0 bridgehead atoms. The lowest BCUT2D eigenvalue weighted by molar-refractivity contribution is 0.0916. The van der Waals surface area contributed by atoms with E-state index >= 15 is 0 Å². The molecule has 0 aliphatic heterocycles. The molecule has 2 nitrogen and oxygen atoms in total. The zero-order valence-electron chi connectivity index (χ0n) is 13.4. The van der Waals surface area contributed by atoms with Crippen LogP contribution in [-0.2, 0) is 4.74 Å². The first-order chi connectivity index (χ1) is 9.27. The van der Waals surface area contributed by atoms with E-state index < -0.39 is 0 Å². The smallest absolute Gasteiger partial charge is 0.0591 e. The Morgan fingerprint density at radius 2 is 2.00 bits per heavy atom. The molecular formula is C17H35NO. The van der Waals surface area contributed by atoms with Gasteiger partial charge in [-0.2, -0.15) is 0 Å². The van der Waals surface area contributed by atoms with E-state index in [1.807, 2.05) is 0 Å². The Morgan fingerprint density at radius 1 is 1.21 bits per heavy atom. The molecule has 0 radical (unpaired) electrons. The Hall–Kier alpha value is -0.0800. The Labute approximate surface area is 120 Å². The zero-order valence-corrected chi connectivity index (χ0v) is 13.4. The van der Waals surface area contributed by atoms with Crippen molar-refractivity contribution >= 4 is 0 Å². The van der Waals surface area contributed by atoms with Crippen molar-refractivity contribution in [3.8, 4) is 0 Å². The first-order valence-corrected chi connectivity index (χ1v) is 8.59. The Morgan fingerprint density at radius 3 is 2.68 bits per heavy atom. The molecule has 1 aliphatic carbocycles. The summed E-state index contributed by atoms with van der Waals surface area (Å²) in [5, 5.41) is 3.68. The van der Waals surface area contributed by atoms with Crippen LogP contribution in [0.5, 0.6) is 0 Å². The molecule has 0 spiro atoms. The quantitative estimate of drug-likeness (QED) is 0.594. The fourth-order valence-corrected chi connectivity index (χ4v) is 3.08. The Kier molecular flexibility index (Phi) is 9.54. The van der Waals surface area contributed by atoms with Gasteiger partial charge in [-0.3, -0.25) is 0 Å². The van der Waals surface area contributed by atoms with Crippen LogP contribution in [0.4, 0.5) is 0 Å². The van der Waals surface area contributed by atoms with Crippen LogP contribution >= 0.6 is 0 Å². The summed E-state index contributed by atoms with van der Waals surface area (Å²) >= 11 is 0. The van der Waals surface area contributed by atoms with Gasteiger partial charge >= 0.3 is 0 Å². The van der Waals surface area contributed by atoms with Crippen molar-refractivity contribution in [2.75, 3.05) is 19.8 Å². The lowest BCUT2D eigenvalue weighted by atomic mass is 9.86. The third kappa shape index (κ3) is 7.31. The van der Waals surface area contributed by atoms with E-state index in [1.54, 1.807) is 0 Å². The summed E-state index contributed by atoms with van der Waals surface area (Å²) in [5.41, 5.74) is 0. The van der Waals surface area contributed by atoms with E-state index in [0.29, 0.717) is 0 Å². The van der Waals surface area contributed by atoms with Gasteiger partial charge in [-0.1, -0.05) is 52.9 Å². The largest absolute Gasteiger partial charge is 0.380 e. The highest BCUT2D eigenvalue weighted by Gasteiger charge is 2.20. The lowest BCUT2D eigenvalue weighted by Crippen LogP contribution is -2.39. The molecule has 1 fully saturated rings. The third-order valence-electron chi connectivity index (χ3n) is 4.66. The van der Waals surface area contributed by atoms with Crippen LogP contribution in [0.15, 0.2) is 0 Å². The molecule has 0 aromatic rings. The lowest BCUT2D eigenvalue weighted by Gasteiger charge is -2.29. The highest BCUT2D eigenvalue weighted by Crippen LogP contribution is 2.23. The average molecular weight is 269 g/mol. The average Bonchev–Trinajstić information content (AvgIpc) is 2.43. The number of ether oxygens (including phenoxy) is 1. The molecule has 1 rings (SSSR count). The maximum absolute atomic E-state index is 5.85. The monoisotopic (exact) mass is 269 g/mol. The summed E-state index contributed by atoms with van der Waals surface area (Å²) in [6.45, 7) is 9.80. The molecule has 2 heteroatoms. The summed E-state index contributed by atoms with van der Waals surface area (Å²) in [4.78, 5) is 0.